The molecule has 2 aromatic heterocycles. The average molecular weight is 330 g/mol. The number of rotatable bonds is 3. The predicted octanol–water partition coefficient (Wildman–Crippen LogP) is 1.25. The molecule has 7 nitrogen and oxygen atoms in total. The second kappa shape index (κ2) is 6.60. The van der Waals surface area contributed by atoms with E-state index in [0.29, 0.717) is 13.1 Å². The van der Waals surface area contributed by atoms with Crippen molar-refractivity contribution in [3.8, 4) is 0 Å². The molecule has 0 unspecified atom stereocenters. The summed E-state index contributed by atoms with van der Waals surface area (Å²) < 4.78 is 5.20. The molecular formula is C17H22N4O3. The smallest absolute Gasteiger partial charge is 0.260 e. The summed E-state index contributed by atoms with van der Waals surface area (Å²) in [5.74, 6) is 0.644. The summed E-state index contributed by atoms with van der Waals surface area (Å²) >= 11 is 0. The quantitative estimate of drug-likeness (QED) is 0.916. The lowest BCUT2D eigenvalue weighted by atomic mass is 10.1. The van der Waals surface area contributed by atoms with Crippen molar-refractivity contribution < 1.29 is 9.32 Å². The number of amides is 1. The fraction of sp³-hybridized carbons (Fsp3) is 0.471. The highest BCUT2D eigenvalue weighted by Gasteiger charge is 2.25. The first-order valence-corrected chi connectivity index (χ1v) is 8.09. The highest BCUT2D eigenvalue weighted by molar-refractivity contribution is 5.93. The zero-order valence-electron chi connectivity index (χ0n) is 14.3. The zero-order chi connectivity index (χ0) is 17.3. The van der Waals surface area contributed by atoms with Crippen LogP contribution in [0.5, 0.6) is 0 Å². The van der Waals surface area contributed by atoms with E-state index < -0.39 is 0 Å². The van der Waals surface area contributed by atoms with E-state index in [4.69, 9.17) is 4.52 Å². The highest BCUT2D eigenvalue weighted by Crippen LogP contribution is 2.16. The van der Waals surface area contributed by atoms with Gasteiger partial charge in [0.15, 0.2) is 0 Å². The lowest BCUT2D eigenvalue weighted by Gasteiger charge is -2.34. The molecule has 1 aliphatic heterocycles. The van der Waals surface area contributed by atoms with Crippen LogP contribution in [0.25, 0.3) is 0 Å². The van der Waals surface area contributed by atoms with Crippen molar-refractivity contribution in [3.63, 3.8) is 0 Å². The number of piperazine rings is 1. The molecule has 3 rings (SSSR count). The molecule has 1 fully saturated rings. The lowest BCUT2D eigenvalue weighted by molar-refractivity contribution is 0.0626. The molecule has 1 saturated heterocycles. The Balaban J connectivity index is 1.62. The van der Waals surface area contributed by atoms with Gasteiger partial charge < -0.3 is 14.4 Å². The van der Waals surface area contributed by atoms with Crippen molar-refractivity contribution in [2.24, 2.45) is 0 Å². The minimum Gasteiger partial charge on any atom is -0.361 e. The number of hydrogen-bond donors (Lipinski definition) is 1. The van der Waals surface area contributed by atoms with E-state index in [1.807, 2.05) is 13.8 Å². The molecule has 0 aliphatic carbocycles. The minimum absolute atomic E-state index is 0.201. The van der Waals surface area contributed by atoms with Gasteiger partial charge in [0.05, 0.1) is 5.69 Å². The largest absolute Gasteiger partial charge is 0.361 e. The van der Waals surface area contributed by atoms with Crippen molar-refractivity contribution in [1.29, 1.82) is 0 Å². The summed E-state index contributed by atoms with van der Waals surface area (Å²) in [7, 11) is 0. The number of pyridine rings is 1. The molecule has 24 heavy (non-hydrogen) atoms. The highest BCUT2D eigenvalue weighted by atomic mass is 16.5. The molecule has 0 atom stereocenters. The van der Waals surface area contributed by atoms with Crippen LogP contribution >= 0.6 is 0 Å². The van der Waals surface area contributed by atoms with Crippen molar-refractivity contribution in [2.45, 2.75) is 27.3 Å². The van der Waals surface area contributed by atoms with Gasteiger partial charge in [0.2, 0.25) is 0 Å². The minimum atomic E-state index is -0.321. The Morgan fingerprint density at radius 2 is 1.92 bits per heavy atom. The van der Waals surface area contributed by atoms with Crippen LogP contribution in [0, 0.1) is 20.8 Å². The summed E-state index contributed by atoms with van der Waals surface area (Å²) in [5.41, 5.74) is 2.67. The summed E-state index contributed by atoms with van der Waals surface area (Å²) in [5, 5.41) is 3.98. The Morgan fingerprint density at radius 1 is 1.21 bits per heavy atom. The number of nitrogens with one attached hydrogen (secondary N) is 1. The van der Waals surface area contributed by atoms with Gasteiger partial charge >= 0.3 is 0 Å². The maximum atomic E-state index is 12.5. The third-order valence-electron chi connectivity index (χ3n) is 4.51. The van der Waals surface area contributed by atoms with E-state index in [1.165, 1.54) is 0 Å². The first-order chi connectivity index (χ1) is 11.5. The average Bonchev–Trinajstić information content (AvgIpc) is 2.87. The van der Waals surface area contributed by atoms with Crippen LogP contribution in [0.4, 0.5) is 0 Å². The molecule has 0 radical (unpaired) electrons. The molecule has 1 aliphatic rings. The molecule has 3 heterocycles. The molecule has 128 valence electrons. The van der Waals surface area contributed by atoms with Gasteiger partial charge in [0.25, 0.3) is 11.5 Å². The van der Waals surface area contributed by atoms with E-state index >= 15 is 0 Å². The summed E-state index contributed by atoms with van der Waals surface area (Å²) in [6.07, 6.45) is 0. The van der Waals surface area contributed by atoms with Crippen LogP contribution in [0.1, 0.15) is 33.1 Å². The van der Waals surface area contributed by atoms with Crippen LogP contribution in [0.3, 0.4) is 0 Å². The summed E-state index contributed by atoms with van der Waals surface area (Å²) in [6, 6.07) is 3.36. The van der Waals surface area contributed by atoms with E-state index in [0.717, 1.165) is 42.3 Å². The van der Waals surface area contributed by atoms with Gasteiger partial charge in [-0.2, -0.15) is 0 Å². The SMILES string of the molecule is Cc1ccc(C(=O)N2CCN(Cc3c(C)noc3C)CC2)c(=O)[nH]1. The van der Waals surface area contributed by atoms with Gasteiger partial charge in [-0.1, -0.05) is 5.16 Å². The molecule has 1 N–H and O–H groups in total. The molecule has 1 amide bonds. The molecular weight excluding hydrogens is 308 g/mol. The second-order valence-corrected chi connectivity index (χ2v) is 6.26. The monoisotopic (exact) mass is 330 g/mol. The van der Waals surface area contributed by atoms with E-state index in [-0.39, 0.29) is 17.0 Å². The number of aromatic amines is 1. The molecule has 0 saturated carbocycles. The Bertz CT molecular complexity index is 781. The van der Waals surface area contributed by atoms with Gasteiger partial charge in [-0.15, -0.1) is 0 Å². The summed E-state index contributed by atoms with van der Waals surface area (Å²) in [4.78, 5) is 31.2. The van der Waals surface area contributed by atoms with Crippen molar-refractivity contribution in [3.05, 3.63) is 50.8 Å². The fourth-order valence-corrected chi connectivity index (χ4v) is 2.97. The number of hydrogen-bond acceptors (Lipinski definition) is 5. The summed E-state index contributed by atoms with van der Waals surface area (Å²) in [6.45, 7) is 9.16. The number of aromatic nitrogens is 2. The molecule has 0 spiro atoms. The van der Waals surface area contributed by atoms with Crippen LogP contribution < -0.4 is 5.56 Å². The van der Waals surface area contributed by atoms with Gasteiger partial charge in [-0.05, 0) is 32.9 Å². The normalized spacial score (nSPS) is 15.7. The van der Waals surface area contributed by atoms with Gasteiger partial charge in [0, 0.05) is 44.0 Å². The van der Waals surface area contributed by atoms with Crippen LogP contribution in [-0.2, 0) is 6.54 Å². The van der Waals surface area contributed by atoms with Gasteiger partial charge in [0.1, 0.15) is 11.3 Å². The second-order valence-electron chi connectivity index (χ2n) is 6.26. The van der Waals surface area contributed by atoms with Crippen molar-refractivity contribution in [2.75, 3.05) is 26.2 Å². The number of carbonyl (C=O) groups is 1. The third-order valence-corrected chi connectivity index (χ3v) is 4.51. The Kier molecular flexibility index (Phi) is 4.53. The van der Waals surface area contributed by atoms with Crippen molar-refractivity contribution in [1.82, 2.24) is 19.9 Å². The van der Waals surface area contributed by atoms with Gasteiger partial charge in [-0.25, -0.2) is 0 Å². The molecule has 7 heteroatoms. The Morgan fingerprint density at radius 3 is 2.50 bits per heavy atom. The maximum Gasteiger partial charge on any atom is 0.260 e. The van der Waals surface area contributed by atoms with Crippen LogP contribution in [-0.4, -0.2) is 52.0 Å². The number of carbonyl (C=O) groups excluding carboxylic acids is 1. The van der Waals surface area contributed by atoms with E-state index in [9.17, 15) is 9.59 Å². The number of H-pyrrole nitrogens is 1. The standard InChI is InChI=1S/C17H22N4O3/c1-11-4-5-14(16(22)18-11)17(23)21-8-6-20(7-9-21)10-15-12(2)19-24-13(15)3/h4-5H,6-10H2,1-3H3,(H,18,22). The first kappa shape index (κ1) is 16.4. The third kappa shape index (κ3) is 3.26. The fourth-order valence-electron chi connectivity index (χ4n) is 2.97. The maximum absolute atomic E-state index is 12.5. The van der Waals surface area contributed by atoms with E-state index in [2.05, 4.69) is 15.0 Å². The van der Waals surface area contributed by atoms with E-state index in [1.54, 1.807) is 24.0 Å². The number of nitrogens with zero attached hydrogens (tertiary/aromatic N) is 3. The zero-order valence-corrected chi connectivity index (χ0v) is 14.3. The van der Waals surface area contributed by atoms with Gasteiger partial charge in [-0.3, -0.25) is 14.5 Å². The Labute approximate surface area is 140 Å². The first-order valence-electron chi connectivity index (χ1n) is 8.09. The van der Waals surface area contributed by atoms with Crippen LogP contribution in [0.15, 0.2) is 21.5 Å². The molecule has 2 aromatic rings. The Hall–Kier alpha value is -2.41. The number of aryl methyl sites for hydroxylation is 3. The molecule has 0 aromatic carbocycles. The van der Waals surface area contributed by atoms with Crippen molar-refractivity contribution >= 4 is 5.91 Å². The predicted molar refractivity (Wildman–Crippen MR) is 89.0 cm³/mol. The topological polar surface area (TPSA) is 82.4 Å². The molecule has 0 bridgehead atoms. The van der Waals surface area contributed by atoms with Crippen LogP contribution in [0.2, 0.25) is 0 Å². The lowest BCUT2D eigenvalue weighted by Crippen LogP contribution is -2.49.